The topological polar surface area (TPSA) is 109 Å². The predicted molar refractivity (Wildman–Crippen MR) is 109 cm³/mol. The zero-order valence-corrected chi connectivity index (χ0v) is 16.7. The molecular formula is C18H25ClFN5O3. The van der Waals surface area contributed by atoms with Crippen molar-refractivity contribution in [1.29, 1.82) is 0 Å². The van der Waals surface area contributed by atoms with Crippen molar-refractivity contribution in [3.63, 3.8) is 0 Å². The second-order valence-electron chi connectivity index (χ2n) is 7.55. The molecule has 10 heteroatoms. The molecule has 1 saturated heterocycles. The summed E-state index contributed by atoms with van der Waals surface area (Å²) in [4.78, 5) is 27.0. The summed E-state index contributed by atoms with van der Waals surface area (Å²) in [6.45, 7) is 3.17. The van der Waals surface area contributed by atoms with Crippen LogP contribution in [0.4, 0.5) is 10.1 Å². The predicted octanol–water partition coefficient (Wildman–Crippen LogP) is 0.955. The molecule has 1 aromatic carbocycles. The molecule has 28 heavy (non-hydrogen) atoms. The molecule has 0 radical (unpaired) electrons. The molecule has 4 rings (SSSR count). The van der Waals surface area contributed by atoms with Crippen LogP contribution in [0.5, 0.6) is 5.75 Å². The lowest BCUT2D eigenvalue weighted by atomic mass is 10.0. The van der Waals surface area contributed by atoms with Gasteiger partial charge in [-0.3, -0.25) is 9.36 Å². The number of hydrogen-bond donors (Lipinski definition) is 2. The van der Waals surface area contributed by atoms with Crippen LogP contribution in [0.15, 0.2) is 15.7 Å². The Balaban J connectivity index is 0.00000225. The van der Waals surface area contributed by atoms with Crippen LogP contribution in [-0.2, 0) is 0 Å². The molecule has 2 fully saturated rings. The first kappa shape index (κ1) is 20.5. The summed E-state index contributed by atoms with van der Waals surface area (Å²) in [6.07, 6.45) is 2.46. The van der Waals surface area contributed by atoms with Gasteiger partial charge in [-0.1, -0.05) is 0 Å². The van der Waals surface area contributed by atoms with E-state index in [1.54, 1.807) is 0 Å². The minimum atomic E-state index is -0.731. The Morgan fingerprint density at radius 1 is 1.29 bits per heavy atom. The molecule has 2 aliphatic rings. The lowest BCUT2D eigenvalue weighted by Crippen LogP contribution is -2.44. The lowest BCUT2D eigenvalue weighted by molar-refractivity contribution is 0.412. The number of ether oxygens (including phenoxy) is 1. The standard InChI is InChI=1S/C18H24FN5O3.ClH/c1-9(20)10-5-6-22(8-10)15-13(19)7-12-14(16(15)27-2)23(11-3-4-11)18(26)24(21)17(12)25;/h7,9-11H,3-6,8,20-21H2,1-2H3;1H/t9-,10?;/m0./s1. The van der Waals surface area contributed by atoms with Crippen molar-refractivity contribution < 1.29 is 9.13 Å². The summed E-state index contributed by atoms with van der Waals surface area (Å²) in [5.41, 5.74) is 5.26. The van der Waals surface area contributed by atoms with Gasteiger partial charge in [0.1, 0.15) is 11.2 Å². The van der Waals surface area contributed by atoms with Gasteiger partial charge in [-0.25, -0.2) is 9.18 Å². The van der Waals surface area contributed by atoms with Crippen LogP contribution in [0.1, 0.15) is 32.2 Å². The number of halogens is 2. The molecule has 2 aromatic rings. The fraction of sp³-hybridized carbons (Fsp3) is 0.556. The van der Waals surface area contributed by atoms with Crippen molar-refractivity contribution in [1.82, 2.24) is 9.24 Å². The number of benzene rings is 1. The summed E-state index contributed by atoms with van der Waals surface area (Å²) in [6, 6.07) is 1.10. The van der Waals surface area contributed by atoms with Crippen molar-refractivity contribution in [2.75, 3.05) is 30.9 Å². The molecule has 0 amide bonds. The Labute approximate surface area is 167 Å². The fourth-order valence-corrected chi connectivity index (χ4v) is 4.02. The fourth-order valence-electron chi connectivity index (χ4n) is 4.02. The molecule has 1 aliphatic heterocycles. The second kappa shape index (κ2) is 7.29. The van der Waals surface area contributed by atoms with E-state index in [0.29, 0.717) is 23.3 Å². The number of aromatic nitrogens is 2. The van der Waals surface area contributed by atoms with Gasteiger partial charge in [0, 0.05) is 25.2 Å². The zero-order valence-electron chi connectivity index (χ0n) is 15.9. The highest BCUT2D eigenvalue weighted by molar-refractivity contribution is 5.91. The van der Waals surface area contributed by atoms with Gasteiger partial charge >= 0.3 is 5.69 Å². The van der Waals surface area contributed by atoms with Crippen molar-refractivity contribution in [2.45, 2.75) is 38.3 Å². The van der Waals surface area contributed by atoms with Crippen LogP contribution in [0.25, 0.3) is 10.9 Å². The Morgan fingerprint density at radius 3 is 2.50 bits per heavy atom. The van der Waals surface area contributed by atoms with Crippen LogP contribution in [0, 0.1) is 11.7 Å². The number of methoxy groups -OCH3 is 1. The van der Waals surface area contributed by atoms with Crippen LogP contribution in [-0.4, -0.2) is 35.5 Å². The van der Waals surface area contributed by atoms with Gasteiger partial charge in [-0.05, 0) is 38.2 Å². The van der Waals surface area contributed by atoms with Crippen LogP contribution in [0.3, 0.4) is 0 Å². The Morgan fingerprint density at radius 2 is 1.96 bits per heavy atom. The first-order valence-electron chi connectivity index (χ1n) is 9.18. The summed E-state index contributed by atoms with van der Waals surface area (Å²) in [5.74, 6) is 5.53. The first-order valence-corrected chi connectivity index (χ1v) is 9.18. The molecular weight excluding hydrogens is 389 g/mol. The van der Waals surface area contributed by atoms with E-state index in [1.807, 2.05) is 11.8 Å². The summed E-state index contributed by atoms with van der Waals surface area (Å²) in [5, 5.41) is 0.0463. The molecule has 1 unspecified atom stereocenters. The minimum absolute atomic E-state index is 0. The maximum Gasteiger partial charge on any atom is 0.350 e. The van der Waals surface area contributed by atoms with E-state index >= 15 is 4.39 Å². The van der Waals surface area contributed by atoms with E-state index in [-0.39, 0.29) is 47.2 Å². The van der Waals surface area contributed by atoms with E-state index in [2.05, 4.69) is 0 Å². The summed E-state index contributed by atoms with van der Waals surface area (Å²) < 4.78 is 22.6. The Kier molecular flexibility index (Phi) is 5.33. The monoisotopic (exact) mass is 413 g/mol. The summed E-state index contributed by atoms with van der Waals surface area (Å²) >= 11 is 0. The second-order valence-corrected chi connectivity index (χ2v) is 7.55. The van der Waals surface area contributed by atoms with Crippen LogP contribution in [0.2, 0.25) is 0 Å². The highest BCUT2D eigenvalue weighted by Gasteiger charge is 2.34. The third-order valence-electron chi connectivity index (χ3n) is 5.69. The third-order valence-corrected chi connectivity index (χ3v) is 5.69. The molecule has 1 aromatic heterocycles. The average Bonchev–Trinajstić information content (AvgIpc) is 3.35. The molecule has 2 heterocycles. The molecule has 154 valence electrons. The SMILES string of the molecule is COc1c(N2CCC([C@H](C)N)C2)c(F)cc2c(=O)n(N)c(=O)n(C3CC3)c12.Cl. The van der Waals surface area contributed by atoms with Crippen molar-refractivity contribution in [3.8, 4) is 5.75 Å². The molecule has 0 bridgehead atoms. The van der Waals surface area contributed by atoms with Crippen molar-refractivity contribution >= 4 is 29.0 Å². The van der Waals surface area contributed by atoms with Gasteiger partial charge in [-0.15, -0.1) is 12.4 Å². The number of nitrogen functional groups attached to an aromatic ring is 1. The van der Waals surface area contributed by atoms with Crippen LogP contribution < -0.4 is 32.5 Å². The smallest absolute Gasteiger partial charge is 0.350 e. The van der Waals surface area contributed by atoms with Crippen molar-refractivity contribution in [2.24, 2.45) is 11.7 Å². The summed E-state index contributed by atoms with van der Waals surface area (Å²) in [7, 11) is 1.42. The zero-order chi connectivity index (χ0) is 19.5. The Bertz CT molecular complexity index is 1030. The van der Waals surface area contributed by atoms with E-state index in [0.717, 1.165) is 25.3 Å². The van der Waals surface area contributed by atoms with Gasteiger partial charge in [-0.2, -0.15) is 4.68 Å². The van der Waals surface area contributed by atoms with Crippen molar-refractivity contribution in [3.05, 3.63) is 32.7 Å². The van der Waals surface area contributed by atoms with Gasteiger partial charge in [0.2, 0.25) is 0 Å². The van der Waals surface area contributed by atoms with E-state index < -0.39 is 17.1 Å². The number of hydrogen-bond acceptors (Lipinski definition) is 6. The number of rotatable bonds is 4. The first-order chi connectivity index (χ1) is 12.8. The van der Waals surface area contributed by atoms with E-state index in [1.165, 1.54) is 11.7 Å². The highest BCUT2D eigenvalue weighted by Crippen LogP contribution is 2.43. The molecule has 1 saturated carbocycles. The van der Waals surface area contributed by atoms with Gasteiger partial charge < -0.3 is 21.2 Å². The molecule has 2 atom stereocenters. The quantitative estimate of drug-likeness (QED) is 0.722. The normalized spacial score (nSPS) is 20.3. The number of anilines is 1. The number of nitrogens with zero attached hydrogens (tertiary/aromatic N) is 3. The third kappa shape index (κ3) is 3.02. The molecule has 8 nitrogen and oxygen atoms in total. The maximum absolute atomic E-state index is 15.1. The number of nitrogens with two attached hydrogens (primary N) is 2. The maximum atomic E-state index is 15.1. The molecule has 1 aliphatic carbocycles. The minimum Gasteiger partial charge on any atom is -0.492 e. The van der Waals surface area contributed by atoms with E-state index in [4.69, 9.17) is 16.3 Å². The van der Waals surface area contributed by atoms with Gasteiger partial charge in [0.05, 0.1) is 12.5 Å². The molecule has 4 N–H and O–H groups in total. The molecule has 0 spiro atoms. The van der Waals surface area contributed by atoms with Gasteiger partial charge in [0.25, 0.3) is 5.56 Å². The highest BCUT2D eigenvalue weighted by atomic mass is 35.5. The van der Waals surface area contributed by atoms with Crippen LogP contribution >= 0.6 is 12.4 Å². The van der Waals surface area contributed by atoms with Gasteiger partial charge in [0.15, 0.2) is 11.6 Å². The Hall–Kier alpha value is -2.26. The largest absolute Gasteiger partial charge is 0.492 e. The lowest BCUT2D eigenvalue weighted by Gasteiger charge is -2.25. The number of fused-ring (bicyclic) bond motifs is 1. The average molecular weight is 414 g/mol. The van der Waals surface area contributed by atoms with E-state index in [9.17, 15) is 9.59 Å².